The van der Waals surface area contributed by atoms with Crippen LogP contribution in [-0.4, -0.2) is 29.6 Å². The molecule has 0 radical (unpaired) electrons. The molecule has 0 saturated carbocycles. The summed E-state index contributed by atoms with van der Waals surface area (Å²) < 4.78 is 0. The number of hydrogen-bond donors (Lipinski definition) is 1. The summed E-state index contributed by atoms with van der Waals surface area (Å²) in [6.07, 6.45) is 5.04. The van der Waals surface area contributed by atoms with E-state index in [4.69, 9.17) is 0 Å². The highest BCUT2D eigenvalue weighted by atomic mass is 15.2. The molecule has 0 amide bonds. The SMILES string of the molecule is CCCCN(CC)c1ncnc(NCC)c1CC. The van der Waals surface area contributed by atoms with Gasteiger partial charge in [-0.3, -0.25) is 0 Å². The van der Waals surface area contributed by atoms with Gasteiger partial charge in [-0.15, -0.1) is 0 Å². The second-order valence-electron chi connectivity index (χ2n) is 4.34. The molecule has 0 aliphatic heterocycles. The normalized spacial score (nSPS) is 10.4. The van der Waals surface area contributed by atoms with Crippen LogP contribution in [0.5, 0.6) is 0 Å². The second kappa shape index (κ2) is 7.90. The Kier molecular flexibility index (Phi) is 6.47. The molecule has 0 unspecified atom stereocenters. The minimum atomic E-state index is 0.893. The molecule has 0 aromatic carbocycles. The third kappa shape index (κ3) is 3.59. The van der Waals surface area contributed by atoms with Gasteiger partial charge in [-0.25, -0.2) is 9.97 Å². The molecule has 0 saturated heterocycles. The number of rotatable bonds is 8. The van der Waals surface area contributed by atoms with Crippen LogP contribution in [0.15, 0.2) is 6.33 Å². The average molecular weight is 250 g/mol. The van der Waals surface area contributed by atoms with Crippen molar-refractivity contribution in [2.75, 3.05) is 29.9 Å². The minimum absolute atomic E-state index is 0.893. The molecule has 0 atom stereocenters. The first-order valence-electron chi connectivity index (χ1n) is 7.11. The number of anilines is 2. The van der Waals surface area contributed by atoms with Gasteiger partial charge < -0.3 is 10.2 Å². The lowest BCUT2D eigenvalue weighted by molar-refractivity contribution is 0.718. The highest BCUT2D eigenvalue weighted by molar-refractivity contribution is 5.58. The maximum atomic E-state index is 4.49. The molecular formula is C14H26N4. The first-order valence-corrected chi connectivity index (χ1v) is 7.11. The van der Waals surface area contributed by atoms with Crippen LogP contribution in [0.4, 0.5) is 11.6 Å². The molecule has 1 N–H and O–H groups in total. The van der Waals surface area contributed by atoms with E-state index >= 15 is 0 Å². The van der Waals surface area contributed by atoms with Gasteiger partial charge in [-0.1, -0.05) is 20.3 Å². The van der Waals surface area contributed by atoms with Crippen molar-refractivity contribution >= 4 is 11.6 Å². The summed E-state index contributed by atoms with van der Waals surface area (Å²) in [5.41, 5.74) is 1.23. The Hall–Kier alpha value is -1.32. The maximum Gasteiger partial charge on any atom is 0.137 e. The van der Waals surface area contributed by atoms with Crippen molar-refractivity contribution in [3.8, 4) is 0 Å². The zero-order valence-electron chi connectivity index (χ0n) is 12.2. The lowest BCUT2D eigenvalue weighted by Crippen LogP contribution is -2.26. The Morgan fingerprint density at radius 3 is 2.50 bits per heavy atom. The number of hydrogen-bond acceptors (Lipinski definition) is 4. The van der Waals surface area contributed by atoms with E-state index in [9.17, 15) is 0 Å². The monoisotopic (exact) mass is 250 g/mol. The summed E-state index contributed by atoms with van der Waals surface area (Å²) in [6.45, 7) is 11.6. The molecule has 4 heteroatoms. The Bertz CT molecular complexity index is 352. The van der Waals surface area contributed by atoms with E-state index in [0.29, 0.717) is 0 Å². The van der Waals surface area contributed by atoms with Crippen molar-refractivity contribution in [1.29, 1.82) is 0 Å². The van der Waals surface area contributed by atoms with Crippen LogP contribution < -0.4 is 10.2 Å². The van der Waals surface area contributed by atoms with Crippen LogP contribution in [0.3, 0.4) is 0 Å². The zero-order chi connectivity index (χ0) is 13.4. The summed E-state index contributed by atoms with van der Waals surface area (Å²) in [6, 6.07) is 0. The molecule has 0 aliphatic carbocycles. The van der Waals surface area contributed by atoms with Gasteiger partial charge in [0.1, 0.15) is 18.0 Å². The molecule has 102 valence electrons. The van der Waals surface area contributed by atoms with Crippen LogP contribution in [0.25, 0.3) is 0 Å². The molecule has 0 spiro atoms. The van der Waals surface area contributed by atoms with Gasteiger partial charge in [-0.05, 0) is 26.7 Å². The van der Waals surface area contributed by atoms with Crippen molar-refractivity contribution in [3.63, 3.8) is 0 Å². The molecular weight excluding hydrogens is 224 g/mol. The largest absolute Gasteiger partial charge is 0.370 e. The topological polar surface area (TPSA) is 41.1 Å². The molecule has 1 rings (SSSR count). The van der Waals surface area contributed by atoms with Gasteiger partial charge in [0.25, 0.3) is 0 Å². The van der Waals surface area contributed by atoms with Crippen LogP contribution in [-0.2, 0) is 6.42 Å². The van der Waals surface area contributed by atoms with Gasteiger partial charge in [0, 0.05) is 25.2 Å². The van der Waals surface area contributed by atoms with Crippen LogP contribution >= 0.6 is 0 Å². The Morgan fingerprint density at radius 2 is 1.94 bits per heavy atom. The lowest BCUT2D eigenvalue weighted by Gasteiger charge is -2.25. The summed E-state index contributed by atoms with van der Waals surface area (Å²) in [5, 5.41) is 3.32. The summed E-state index contributed by atoms with van der Waals surface area (Å²) in [7, 11) is 0. The van der Waals surface area contributed by atoms with Crippen LogP contribution in [0, 0.1) is 0 Å². The molecule has 18 heavy (non-hydrogen) atoms. The quantitative estimate of drug-likeness (QED) is 0.769. The average Bonchev–Trinajstić information content (AvgIpc) is 2.40. The minimum Gasteiger partial charge on any atom is -0.370 e. The van der Waals surface area contributed by atoms with E-state index in [-0.39, 0.29) is 0 Å². The summed E-state index contributed by atoms with van der Waals surface area (Å²) >= 11 is 0. The predicted molar refractivity (Wildman–Crippen MR) is 78.4 cm³/mol. The van der Waals surface area contributed by atoms with Crippen molar-refractivity contribution in [1.82, 2.24) is 9.97 Å². The van der Waals surface area contributed by atoms with Crippen molar-refractivity contribution in [2.45, 2.75) is 47.0 Å². The van der Waals surface area contributed by atoms with Gasteiger partial charge in [-0.2, -0.15) is 0 Å². The van der Waals surface area contributed by atoms with E-state index in [1.165, 1.54) is 18.4 Å². The first-order chi connectivity index (χ1) is 8.78. The van der Waals surface area contributed by atoms with Gasteiger partial charge in [0.2, 0.25) is 0 Å². The molecule has 4 nitrogen and oxygen atoms in total. The molecule has 1 aromatic rings. The fourth-order valence-corrected chi connectivity index (χ4v) is 2.08. The van der Waals surface area contributed by atoms with E-state index in [0.717, 1.165) is 37.7 Å². The summed E-state index contributed by atoms with van der Waals surface area (Å²) in [4.78, 5) is 11.2. The number of nitrogens with zero attached hydrogens (tertiary/aromatic N) is 3. The smallest absolute Gasteiger partial charge is 0.137 e. The molecule has 1 aromatic heterocycles. The van der Waals surface area contributed by atoms with E-state index < -0.39 is 0 Å². The van der Waals surface area contributed by atoms with E-state index in [2.05, 4.69) is 47.9 Å². The molecule has 0 fully saturated rings. The highest BCUT2D eigenvalue weighted by Gasteiger charge is 2.14. The fraction of sp³-hybridized carbons (Fsp3) is 0.714. The van der Waals surface area contributed by atoms with Gasteiger partial charge >= 0.3 is 0 Å². The van der Waals surface area contributed by atoms with Crippen LogP contribution in [0.1, 0.15) is 46.1 Å². The molecule has 1 heterocycles. The maximum absolute atomic E-state index is 4.49. The number of aromatic nitrogens is 2. The Morgan fingerprint density at radius 1 is 1.17 bits per heavy atom. The standard InChI is InChI=1S/C14H26N4/c1-5-9-10-18(8-4)14-12(6-2)13(15-7-3)16-11-17-14/h11H,5-10H2,1-4H3,(H,15,16,17). The van der Waals surface area contributed by atoms with E-state index in [1.807, 2.05) is 0 Å². The van der Waals surface area contributed by atoms with Crippen molar-refractivity contribution in [3.05, 3.63) is 11.9 Å². The van der Waals surface area contributed by atoms with E-state index in [1.54, 1.807) is 6.33 Å². The van der Waals surface area contributed by atoms with Crippen molar-refractivity contribution in [2.24, 2.45) is 0 Å². The highest BCUT2D eigenvalue weighted by Crippen LogP contribution is 2.24. The Labute approximate surface area is 111 Å². The zero-order valence-corrected chi connectivity index (χ0v) is 12.2. The predicted octanol–water partition coefficient (Wildman–Crippen LogP) is 3.10. The van der Waals surface area contributed by atoms with Crippen molar-refractivity contribution < 1.29 is 0 Å². The molecule has 0 bridgehead atoms. The third-order valence-electron chi connectivity index (χ3n) is 3.08. The second-order valence-corrected chi connectivity index (χ2v) is 4.34. The fourth-order valence-electron chi connectivity index (χ4n) is 2.08. The number of unbranched alkanes of at least 4 members (excludes halogenated alkanes) is 1. The van der Waals surface area contributed by atoms with Crippen LogP contribution in [0.2, 0.25) is 0 Å². The Balaban J connectivity index is 3.00. The summed E-state index contributed by atoms with van der Waals surface area (Å²) in [5.74, 6) is 2.08. The third-order valence-corrected chi connectivity index (χ3v) is 3.08. The number of nitrogens with one attached hydrogen (secondary N) is 1. The lowest BCUT2D eigenvalue weighted by atomic mass is 10.2. The molecule has 0 aliphatic rings. The van der Waals surface area contributed by atoms with Gasteiger partial charge in [0.05, 0.1) is 0 Å². The van der Waals surface area contributed by atoms with Gasteiger partial charge in [0.15, 0.2) is 0 Å². The first kappa shape index (κ1) is 14.7.